The van der Waals surface area contributed by atoms with Crippen molar-refractivity contribution in [2.45, 2.75) is 19.8 Å². The molecule has 0 aliphatic carbocycles. The quantitative estimate of drug-likeness (QED) is 0.589. The summed E-state index contributed by atoms with van der Waals surface area (Å²) in [6.07, 6.45) is 1.75. The molecule has 6 heteroatoms. The van der Waals surface area contributed by atoms with Gasteiger partial charge < -0.3 is 10.1 Å². The highest BCUT2D eigenvalue weighted by Gasteiger charge is 2.10. The van der Waals surface area contributed by atoms with Crippen LogP contribution in [0.5, 0.6) is 5.75 Å². The number of anilines is 1. The summed E-state index contributed by atoms with van der Waals surface area (Å²) < 4.78 is 5.50. The smallest absolute Gasteiger partial charge is 0.275 e. The molecule has 0 aliphatic rings. The van der Waals surface area contributed by atoms with Gasteiger partial charge in [-0.15, -0.1) is 0 Å². The second-order valence-electron chi connectivity index (χ2n) is 4.63. The molecule has 1 heterocycles. The van der Waals surface area contributed by atoms with Crippen LogP contribution in [-0.4, -0.2) is 18.1 Å². The average Bonchev–Trinajstić information content (AvgIpc) is 2.98. The van der Waals surface area contributed by atoms with Crippen LogP contribution < -0.4 is 10.1 Å². The van der Waals surface area contributed by atoms with Crippen molar-refractivity contribution in [3.63, 3.8) is 0 Å². The normalized spacial score (nSPS) is 10.3. The largest absolute Gasteiger partial charge is 0.493 e. The van der Waals surface area contributed by atoms with Crippen LogP contribution >= 0.6 is 11.3 Å². The molecule has 0 amide bonds. The molecule has 0 aliphatic heterocycles. The molecule has 0 saturated carbocycles. The highest BCUT2D eigenvalue weighted by molar-refractivity contribution is 7.07. The minimum absolute atomic E-state index is 0.0432. The van der Waals surface area contributed by atoms with Gasteiger partial charge in [0.15, 0.2) is 0 Å². The maximum Gasteiger partial charge on any atom is 0.275 e. The fraction of sp³-hybridized carbons (Fsp3) is 0.333. The van der Waals surface area contributed by atoms with Crippen LogP contribution in [0, 0.1) is 10.1 Å². The van der Waals surface area contributed by atoms with Gasteiger partial charge >= 0.3 is 0 Å². The molecular formula is C15H18N2O3S. The maximum atomic E-state index is 11.0. The third kappa shape index (κ3) is 4.75. The number of benzene rings is 1. The zero-order valence-corrected chi connectivity index (χ0v) is 12.7. The van der Waals surface area contributed by atoms with Crippen molar-refractivity contribution in [1.29, 1.82) is 0 Å². The Hall–Kier alpha value is -2.08. The molecule has 0 radical (unpaired) electrons. The standard InChI is InChI=1S/C15H18N2O3S/c1-2-6-20-15-9-13(8-14(10-15)17(18)19)16-5-3-12-4-7-21-11-12/h4,7-11,16H,2-3,5-6H2,1H3. The van der Waals surface area contributed by atoms with E-state index in [0.717, 1.165) is 19.4 Å². The zero-order chi connectivity index (χ0) is 15.1. The lowest BCUT2D eigenvalue weighted by Crippen LogP contribution is -2.05. The summed E-state index contributed by atoms with van der Waals surface area (Å²) in [4.78, 5) is 10.6. The van der Waals surface area contributed by atoms with E-state index in [4.69, 9.17) is 4.74 Å². The predicted octanol–water partition coefficient (Wildman–Crippen LogP) is 4.10. The number of nitrogens with one attached hydrogen (secondary N) is 1. The molecular weight excluding hydrogens is 288 g/mol. The second kappa shape index (κ2) is 7.64. The molecule has 5 nitrogen and oxygen atoms in total. The molecule has 0 bridgehead atoms. The van der Waals surface area contributed by atoms with E-state index in [1.807, 2.05) is 12.3 Å². The van der Waals surface area contributed by atoms with E-state index >= 15 is 0 Å². The van der Waals surface area contributed by atoms with E-state index in [2.05, 4.69) is 16.8 Å². The van der Waals surface area contributed by atoms with Gasteiger partial charge in [-0.2, -0.15) is 11.3 Å². The minimum atomic E-state index is -0.400. The summed E-state index contributed by atoms with van der Waals surface area (Å²) in [5.41, 5.74) is 2.02. The van der Waals surface area contributed by atoms with E-state index in [-0.39, 0.29) is 5.69 Å². The van der Waals surface area contributed by atoms with Crippen molar-refractivity contribution in [3.05, 3.63) is 50.7 Å². The van der Waals surface area contributed by atoms with Crippen LogP contribution in [0.4, 0.5) is 11.4 Å². The Kier molecular flexibility index (Phi) is 5.57. The lowest BCUT2D eigenvalue weighted by atomic mass is 10.2. The summed E-state index contributed by atoms with van der Waals surface area (Å²) in [7, 11) is 0. The molecule has 1 aromatic carbocycles. The van der Waals surface area contributed by atoms with E-state index < -0.39 is 4.92 Å². The molecule has 0 saturated heterocycles. The van der Waals surface area contributed by atoms with E-state index in [9.17, 15) is 10.1 Å². The second-order valence-corrected chi connectivity index (χ2v) is 5.41. The van der Waals surface area contributed by atoms with Crippen molar-refractivity contribution >= 4 is 22.7 Å². The number of thiophene rings is 1. The number of hydrogen-bond donors (Lipinski definition) is 1. The van der Waals surface area contributed by atoms with Gasteiger partial charge in [0.25, 0.3) is 5.69 Å². The Morgan fingerprint density at radius 3 is 2.90 bits per heavy atom. The number of nitrogens with zero attached hydrogens (tertiary/aromatic N) is 1. The van der Waals surface area contributed by atoms with Crippen molar-refractivity contribution in [3.8, 4) is 5.75 Å². The molecule has 0 fully saturated rings. The Morgan fingerprint density at radius 1 is 1.38 bits per heavy atom. The average molecular weight is 306 g/mol. The summed E-state index contributed by atoms with van der Waals surface area (Å²) in [5, 5.41) is 18.3. The predicted molar refractivity (Wildman–Crippen MR) is 85.4 cm³/mol. The van der Waals surface area contributed by atoms with Gasteiger partial charge in [-0.3, -0.25) is 10.1 Å². The number of nitro groups is 1. The maximum absolute atomic E-state index is 11.0. The van der Waals surface area contributed by atoms with E-state index in [0.29, 0.717) is 18.0 Å². The van der Waals surface area contributed by atoms with Crippen LogP contribution in [0.15, 0.2) is 35.0 Å². The number of non-ortho nitro benzene ring substituents is 1. The molecule has 2 rings (SSSR count). The van der Waals surface area contributed by atoms with Gasteiger partial charge in [-0.05, 0) is 35.2 Å². The van der Waals surface area contributed by atoms with Crippen LogP contribution in [0.3, 0.4) is 0 Å². The third-order valence-electron chi connectivity index (χ3n) is 2.90. The van der Waals surface area contributed by atoms with Crippen molar-refractivity contribution in [2.24, 2.45) is 0 Å². The third-order valence-corrected chi connectivity index (χ3v) is 3.63. The summed E-state index contributed by atoms with van der Waals surface area (Å²) in [6.45, 7) is 3.28. The number of hydrogen-bond acceptors (Lipinski definition) is 5. The van der Waals surface area contributed by atoms with Crippen LogP contribution in [0.1, 0.15) is 18.9 Å². The molecule has 112 valence electrons. The summed E-state index contributed by atoms with van der Waals surface area (Å²) >= 11 is 1.67. The lowest BCUT2D eigenvalue weighted by molar-refractivity contribution is -0.384. The molecule has 1 aromatic heterocycles. The molecule has 2 aromatic rings. The molecule has 0 unspecified atom stereocenters. The summed E-state index contributed by atoms with van der Waals surface area (Å²) in [6, 6.07) is 6.87. The van der Waals surface area contributed by atoms with Crippen LogP contribution in [0.2, 0.25) is 0 Å². The minimum Gasteiger partial charge on any atom is -0.493 e. The Labute approximate surface area is 127 Å². The van der Waals surface area contributed by atoms with Gasteiger partial charge in [0.05, 0.1) is 17.6 Å². The van der Waals surface area contributed by atoms with E-state index in [1.54, 1.807) is 17.4 Å². The van der Waals surface area contributed by atoms with Crippen molar-refractivity contribution < 1.29 is 9.66 Å². The first-order chi connectivity index (χ1) is 10.2. The topological polar surface area (TPSA) is 64.4 Å². The molecule has 1 N–H and O–H groups in total. The number of ether oxygens (including phenoxy) is 1. The van der Waals surface area contributed by atoms with Gasteiger partial charge in [-0.1, -0.05) is 6.92 Å². The SMILES string of the molecule is CCCOc1cc(NCCc2ccsc2)cc([N+](=O)[O-])c1. The number of nitro benzene ring substituents is 1. The molecule has 0 atom stereocenters. The highest BCUT2D eigenvalue weighted by atomic mass is 32.1. The van der Waals surface area contributed by atoms with Gasteiger partial charge in [0.1, 0.15) is 5.75 Å². The first kappa shape index (κ1) is 15.3. The fourth-order valence-corrected chi connectivity index (χ4v) is 2.58. The van der Waals surface area contributed by atoms with Crippen molar-refractivity contribution in [1.82, 2.24) is 0 Å². The van der Waals surface area contributed by atoms with Crippen molar-refractivity contribution in [2.75, 3.05) is 18.5 Å². The Balaban J connectivity index is 2.02. The Morgan fingerprint density at radius 2 is 2.24 bits per heavy atom. The summed E-state index contributed by atoms with van der Waals surface area (Å²) in [5.74, 6) is 0.532. The Bertz CT molecular complexity index is 585. The zero-order valence-electron chi connectivity index (χ0n) is 11.9. The first-order valence-electron chi connectivity index (χ1n) is 6.86. The van der Waals surface area contributed by atoms with Gasteiger partial charge in [-0.25, -0.2) is 0 Å². The first-order valence-corrected chi connectivity index (χ1v) is 7.80. The van der Waals surface area contributed by atoms with E-state index in [1.165, 1.54) is 17.7 Å². The van der Waals surface area contributed by atoms with Gasteiger partial charge in [0.2, 0.25) is 0 Å². The number of rotatable bonds is 8. The van der Waals surface area contributed by atoms with Crippen LogP contribution in [0.25, 0.3) is 0 Å². The lowest BCUT2D eigenvalue weighted by Gasteiger charge is -2.09. The highest BCUT2D eigenvalue weighted by Crippen LogP contribution is 2.26. The monoisotopic (exact) mass is 306 g/mol. The van der Waals surface area contributed by atoms with Gasteiger partial charge in [0, 0.05) is 24.4 Å². The molecule has 0 spiro atoms. The van der Waals surface area contributed by atoms with Crippen LogP contribution in [-0.2, 0) is 6.42 Å². The molecule has 21 heavy (non-hydrogen) atoms. The fourth-order valence-electron chi connectivity index (χ4n) is 1.88.